The molecule has 8 heteroatoms. The van der Waals surface area contributed by atoms with Gasteiger partial charge >= 0.3 is 0 Å². The number of furan rings is 1. The van der Waals surface area contributed by atoms with E-state index < -0.39 is 0 Å². The van der Waals surface area contributed by atoms with Crippen LogP contribution in [0.3, 0.4) is 0 Å². The van der Waals surface area contributed by atoms with E-state index >= 15 is 0 Å². The number of benzene rings is 2. The Morgan fingerprint density at radius 2 is 1.86 bits per heavy atom. The molecular formula is C28H30N4O4. The van der Waals surface area contributed by atoms with Gasteiger partial charge in [0.15, 0.2) is 0 Å². The van der Waals surface area contributed by atoms with Crippen LogP contribution in [0, 0.1) is 0 Å². The molecule has 1 atom stereocenters. The molecule has 0 bridgehead atoms. The summed E-state index contributed by atoms with van der Waals surface area (Å²) in [6, 6.07) is 19.1. The largest absolute Gasteiger partial charge is 0.497 e. The van der Waals surface area contributed by atoms with Gasteiger partial charge in [-0.3, -0.25) is 14.5 Å². The summed E-state index contributed by atoms with van der Waals surface area (Å²) in [5.41, 5.74) is 3.48. The first-order valence-electron chi connectivity index (χ1n) is 12.2. The number of amides is 2. The summed E-state index contributed by atoms with van der Waals surface area (Å²) in [4.78, 5) is 27.7. The highest BCUT2D eigenvalue weighted by Crippen LogP contribution is 2.35. The van der Waals surface area contributed by atoms with Crippen molar-refractivity contribution >= 4 is 17.5 Å². The molecule has 2 amide bonds. The quantitative estimate of drug-likeness (QED) is 0.494. The van der Waals surface area contributed by atoms with E-state index in [9.17, 15) is 9.59 Å². The van der Waals surface area contributed by atoms with Crippen molar-refractivity contribution in [1.82, 2.24) is 15.2 Å². The highest BCUT2D eigenvalue weighted by atomic mass is 16.5. The fraction of sp³-hybridized carbons (Fsp3) is 0.321. The fourth-order valence-electron chi connectivity index (χ4n) is 4.54. The molecule has 1 aromatic heterocycles. The lowest BCUT2D eigenvalue weighted by atomic mass is 10.0. The third-order valence-electron chi connectivity index (χ3n) is 6.69. The van der Waals surface area contributed by atoms with Gasteiger partial charge in [-0.15, -0.1) is 0 Å². The van der Waals surface area contributed by atoms with Crippen molar-refractivity contribution in [3.8, 4) is 5.75 Å². The Hall–Kier alpha value is -3.91. The molecule has 2 aromatic carbocycles. The van der Waals surface area contributed by atoms with Crippen molar-refractivity contribution in [2.45, 2.75) is 37.9 Å². The van der Waals surface area contributed by atoms with Gasteiger partial charge in [0, 0.05) is 31.6 Å². The second-order valence-corrected chi connectivity index (χ2v) is 9.16. The first kappa shape index (κ1) is 23.8. The molecule has 0 spiro atoms. The summed E-state index contributed by atoms with van der Waals surface area (Å²) in [5.74, 6) is 1.32. The molecule has 0 radical (unpaired) electrons. The summed E-state index contributed by atoms with van der Waals surface area (Å²) < 4.78 is 11.0. The number of methoxy groups -OCH3 is 1. The number of nitrogens with one attached hydrogen (secondary N) is 1. The molecule has 5 rings (SSSR count). The molecule has 2 aliphatic rings. The molecule has 0 saturated heterocycles. The standard InChI is InChI=1S/C28H30N4O4/c1-29-28(34)21-7-5-19(6-8-21)17-31(22-11-12-22)18-27(33)32-25(26-4-3-15-36-26)16-24(30-32)20-9-13-23(35-2)14-10-20/h3-10,13-15,22,25H,11-12,16-18H2,1-2H3,(H,29,34). The Morgan fingerprint density at radius 1 is 1.11 bits per heavy atom. The average Bonchev–Trinajstić information content (AvgIpc) is 3.43. The van der Waals surface area contributed by atoms with Crippen LogP contribution in [0.2, 0.25) is 0 Å². The monoisotopic (exact) mass is 486 g/mol. The number of carbonyl (C=O) groups excluding carboxylic acids is 2. The van der Waals surface area contributed by atoms with E-state index in [1.165, 1.54) is 0 Å². The van der Waals surface area contributed by atoms with E-state index in [4.69, 9.17) is 14.3 Å². The van der Waals surface area contributed by atoms with Crippen LogP contribution in [-0.2, 0) is 11.3 Å². The van der Waals surface area contributed by atoms with Crippen LogP contribution in [-0.4, -0.2) is 54.2 Å². The lowest BCUT2D eigenvalue weighted by Gasteiger charge is -2.26. The second-order valence-electron chi connectivity index (χ2n) is 9.16. The molecular weight excluding hydrogens is 456 g/mol. The van der Waals surface area contributed by atoms with Crippen LogP contribution in [0.4, 0.5) is 0 Å². The van der Waals surface area contributed by atoms with Gasteiger partial charge in [-0.1, -0.05) is 12.1 Å². The predicted molar refractivity (Wildman–Crippen MR) is 136 cm³/mol. The molecule has 186 valence electrons. The van der Waals surface area contributed by atoms with Crippen LogP contribution in [0.1, 0.15) is 52.5 Å². The van der Waals surface area contributed by atoms with Crippen LogP contribution < -0.4 is 10.1 Å². The number of carbonyl (C=O) groups is 2. The molecule has 3 aromatic rings. The van der Waals surface area contributed by atoms with Gasteiger partial charge in [0.2, 0.25) is 0 Å². The van der Waals surface area contributed by atoms with E-state index in [0.717, 1.165) is 41.2 Å². The maximum absolute atomic E-state index is 13.6. The van der Waals surface area contributed by atoms with Crippen LogP contribution in [0.5, 0.6) is 5.75 Å². The fourth-order valence-corrected chi connectivity index (χ4v) is 4.54. The Morgan fingerprint density at radius 3 is 2.47 bits per heavy atom. The second kappa shape index (κ2) is 10.4. The minimum absolute atomic E-state index is 0.0613. The van der Waals surface area contributed by atoms with Gasteiger partial charge in [-0.05, 0) is 72.5 Å². The minimum Gasteiger partial charge on any atom is -0.497 e. The summed E-state index contributed by atoms with van der Waals surface area (Å²) >= 11 is 0. The van der Waals surface area contributed by atoms with Crippen molar-refractivity contribution in [2.24, 2.45) is 5.10 Å². The van der Waals surface area contributed by atoms with Crippen molar-refractivity contribution in [3.05, 3.63) is 89.4 Å². The Kier molecular flexibility index (Phi) is 6.86. The van der Waals surface area contributed by atoms with Crippen LogP contribution in [0.15, 0.2) is 76.4 Å². The molecule has 1 saturated carbocycles. The van der Waals surface area contributed by atoms with Gasteiger partial charge in [-0.2, -0.15) is 5.10 Å². The zero-order chi connectivity index (χ0) is 25.1. The smallest absolute Gasteiger partial charge is 0.257 e. The van der Waals surface area contributed by atoms with Crippen molar-refractivity contribution in [2.75, 3.05) is 20.7 Å². The minimum atomic E-state index is -0.280. The van der Waals surface area contributed by atoms with Crippen molar-refractivity contribution in [1.29, 1.82) is 0 Å². The Balaban J connectivity index is 1.34. The van der Waals surface area contributed by atoms with Crippen LogP contribution in [0.25, 0.3) is 0 Å². The highest BCUT2D eigenvalue weighted by Gasteiger charge is 2.37. The van der Waals surface area contributed by atoms with E-state index in [1.54, 1.807) is 25.4 Å². The number of nitrogens with zero attached hydrogens (tertiary/aromatic N) is 3. The average molecular weight is 487 g/mol. The molecule has 1 aliphatic heterocycles. The maximum Gasteiger partial charge on any atom is 0.257 e. The van der Waals surface area contributed by atoms with E-state index in [-0.39, 0.29) is 24.4 Å². The van der Waals surface area contributed by atoms with E-state index in [2.05, 4.69) is 10.2 Å². The van der Waals surface area contributed by atoms with Gasteiger partial charge < -0.3 is 14.5 Å². The number of hydrazone groups is 1. The van der Waals surface area contributed by atoms with E-state index in [1.807, 2.05) is 60.7 Å². The zero-order valence-corrected chi connectivity index (χ0v) is 20.5. The predicted octanol–water partition coefficient (Wildman–Crippen LogP) is 3.99. The first-order chi connectivity index (χ1) is 17.6. The number of hydrogen-bond acceptors (Lipinski definition) is 6. The third-order valence-corrected chi connectivity index (χ3v) is 6.69. The molecule has 1 fully saturated rings. The highest BCUT2D eigenvalue weighted by molar-refractivity contribution is 6.03. The molecule has 36 heavy (non-hydrogen) atoms. The number of hydrogen-bond donors (Lipinski definition) is 1. The SMILES string of the molecule is CNC(=O)c1ccc(CN(CC(=O)N2N=C(c3ccc(OC)cc3)CC2c2ccco2)C2CC2)cc1. The topological polar surface area (TPSA) is 87.4 Å². The van der Waals surface area contributed by atoms with Gasteiger partial charge in [0.05, 0.1) is 25.6 Å². The number of ether oxygens (including phenoxy) is 1. The van der Waals surface area contributed by atoms with Gasteiger partial charge in [0.25, 0.3) is 11.8 Å². The van der Waals surface area contributed by atoms with Crippen molar-refractivity contribution < 1.29 is 18.7 Å². The lowest BCUT2D eigenvalue weighted by Crippen LogP contribution is -2.39. The van der Waals surface area contributed by atoms with Crippen LogP contribution >= 0.6 is 0 Å². The Labute approximate surface area is 210 Å². The van der Waals surface area contributed by atoms with Crippen molar-refractivity contribution in [3.63, 3.8) is 0 Å². The first-order valence-corrected chi connectivity index (χ1v) is 12.2. The van der Waals surface area contributed by atoms with Gasteiger partial charge in [-0.25, -0.2) is 5.01 Å². The summed E-state index contributed by atoms with van der Waals surface area (Å²) in [5, 5.41) is 8.98. The summed E-state index contributed by atoms with van der Waals surface area (Å²) in [6.07, 6.45) is 4.36. The molecule has 1 N–H and O–H groups in total. The maximum atomic E-state index is 13.6. The molecule has 1 unspecified atom stereocenters. The summed E-state index contributed by atoms with van der Waals surface area (Å²) in [6.45, 7) is 0.900. The molecule has 8 nitrogen and oxygen atoms in total. The lowest BCUT2D eigenvalue weighted by molar-refractivity contribution is -0.134. The molecule has 1 aliphatic carbocycles. The Bertz CT molecular complexity index is 1230. The van der Waals surface area contributed by atoms with E-state index in [0.29, 0.717) is 24.6 Å². The normalized spacial score (nSPS) is 17.2. The molecule has 2 heterocycles. The number of rotatable bonds is 9. The third kappa shape index (κ3) is 5.18. The zero-order valence-electron chi connectivity index (χ0n) is 20.5. The summed E-state index contributed by atoms with van der Waals surface area (Å²) in [7, 11) is 3.25. The van der Waals surface area contributed by atoms with Gasteiger partial charge in [0.1, 0.15) is 17.6 Å².